The summed E-state index contributed by atoms with van der Waals surface area (Å²) in [4.78, 5) is 25.2. The van der Waals surface area contributed by atoms with Crippen molar-refractivity contribution in [1.29, 1.82) is 0 Å². The molecule has 2 fully saturated rings. The van der Waals surface area contributed by atoms with Gasteiger partial charge in [-0.2, -0.15) is 0 Å². The molecule has 0 bridgehead atoms. The van der Waals surface area contributed by atoms with Gasteiger partial charge in [0.25, 0.3) is 0 Å². The SMILES string of the molecule is O=C(Cc1ncccn1)N1CCN(Cc2cccc(OCCC3CCCCC3)c2)CC1. The van der Waals surface area contributed by atoms with Crippen LogP contribution in [0.1, 0.15) is 49.9 Å². The topological polar surface area (TPSA) is 58.6 Å². The fraction of sp³-hybridized carbons (Fsp3) is 0.560. The largest absolute Gasteiger partial charge is 0.494 e. The molecule has 1 saturated heterocycles. The fourth-order valence-corrected chi connectivity index (χ4v) is 4.63. The lowest BCUT2D eigenvalue weighted by Crippen LogP contribution is -2.48. The minimum atomic E-state index is 0.110. The summed E-state index contributed by atoms with van der Waals surface area (Å²) >= 11 is 0. The molecule has 1 amide bonds. The molecule has 1 aliphatic carbocycles. The van der Waals surface area contributed by atoms with Crippen molar-refractivity contribution in [3.8, 4) is 5.75 Å². The molecular formula is C25H34N4O2. The highest BCUT2D eigenvalue weighted by molar-refractivity contribution is 5.78. The Bertz CT molecular complexity index is 815. The maximum absolute atomic E-state index is 12.5. The van der Waals surface area contributed by atoms with Gasteiger partial charge >= 0.3 is 0 Å². The number of benzene rings is 1. The van der Waals surface area contributed by atoms with E-state index in [0.29, 0.717) is 5.82 Å². The van der Waals surface area contributed by atoms with Gasteiger partial charge in [0.2, 0.25) is 5.91 Å². The van der Waals surface area contributed by atoms with Gasteiger partial charge in [-0.3, -0.25) is 9.69 Å². The first-order chi connectivity index (χ1) is 15.3. The number of nitrogens with zero attached hydrogens (tertiary/aromatic N) is 4. The van der Waals surface area contributed by atoms with Crippen LogP contribution in [0.25, 0.3) is 0 Å². The molecule has 31 heavy (non-hydrogen) atoms. The second-order valence-corrected chi connectivity index (χ2v) is 8.79. The first kappa shape index (κ1) is 21.8. The van der Waals surface area contributed by atoms with Crippen molar-refractivity contribution >= 4 is 5.91 Å². The molecule has 0 N–H and O–H groups in total. The quantitative estimate of drug-likeness (QED) is 0.649. The van der Waals surface area contributed by atoms with Crippen molar-refractivity contribution in [3.05, 3.63) is 54.1 Å². The van der Waals surface area contributed by atoms with E-state index in [1.165, 1.54) is 44.1 Å². The number of carbonyl (C=O) groups is 1. The number of hydrogen-bond acceptors (Lipinski definition) is 5. The van der Waals surface area contributed by atoms with Crippen LogP contribution in [0.4, 0.5) is 0 Å². The van der Waals surface area contributed by atoms with Crippen molar-refractivity contribution in [2.45, 2.75) is 51.5 Å². The van der Waals surface area contributed by atoms with Gasteiger partial charge in [0.15, 0.2) is 0 Å². The van der Waals surface area contributed by atoms with Crippen LogP contribution < -0.4 is 4.74 Å². The number of aromatic nitrogens is 2. The van der Waals surface area contributed by atoms with Crippen LogP contribution in [0.3, 0.4) is 0 Å². The average Bonchev–Trinajstić information content (AvgIpc) is 2.81. The molecule has 2 aromatic rings. The number of rotatable bonds is 8. The first-order valence-electron chi connectivity index (χ1n) is 11.7. The number of ether oxygens (including phenoxy) is 1. The Morgan fingerprint density at radius 1 is 1.00 bits per heavy atom. The summed E-state index contributed by atoms with van der Waals surface area (Å²) in [7, 11) is 0. The lowest BCUT2D eigenvalue weighted by molar-refractivity contribution is -0.132. The minimum Gasteiger partial charge on any atom is -0.494 e. The summed E-state index contributed by atoms with van der Waals surface area (Å²) in [6.45, 7) is 4.98. The first-order valence-corrected chi connectivity index (χ1v) is 11.7. The van der Waals surface area contributed by atoms with Crippen molar-refractivity contribution in [3.63, 3.8) is 0 Å². The van der Waals surface area contributed by atoms with Crippen LogP contribution in [0.15, 0.2) is 42.7 Å². The third-order valence-electron chi connectivity index (χ3n) is 6.48. The average molecular weight is 423 g/mol. The standard InChI is InChI=1S/C25H34N4O2/c30-25(19-24-26-11-5-12-27-24)29-15-13-28(14-16-29)20-22-8-4-9-23(18-22)31-17-10-21-6-2-1-3-7-21/h4-5,8-9,11-12,18,21H,1-3,6-7,10,13-17,19-20H2. The van der Waals surface area contributed by atoms with Crippen LogP contribution in [0, 0.1) is 5.92 Å². The number of piperazine rings is 1. The molecule has 6 nitrogen and oxygen atoms in total. The molecule has 2 aliphatic rings. The van der Waals surface area contributed by atoms with Crippen molar-refractivity contribution in [2.24, 2.45) is 5.92 Å². The van der Waals surface area contributed by atoms with E-state index in [1.807, 2.05) is 4.90 Å². The monoisotopic (exact) mass is 422 g/mol. The second-order valence-electron chi connectivity index (χ2n) is 8.79. The molecule has 2 heterocycles. The molecule has 0 radical (unpaired) electrons. The van der Waals surface area contributed by atoms with Crippen LogP contribution in [0.5, 0.6) is 5.75 Å². The number of amides is 1. The number of carbonyl (C=O) groups excluding carboxylic acids is 1. The summed E-state index contributed by atoms with van der Waals surface area (Å²) in [5.74, 6) is 2.53. The summed E-state index contributed by atoms with van der Waals surface area (Å²) in [5.41, 5.74) is 1.27. The molecule has 4 rings (SSSR count). The van der Waals surface area contributed by atoms with E-state index in [0.717, 1.165) is 51.0 Å². The molecule has 0 atom stereocenters. The highest BCUT2D eigenvalue weighted by atomic mass is 16.5. The Balaban J connectivity index is 1.19. The Hall–Kier alpha value is -2.47. The van der Waals surface area contributed by atoms with E-state index < -0.39 is 0 Å². The van der Waals surface area contributed by atoms with Gasteiger partial charge in [-0.15, -0.1) is 0 Å². The van der Waals surface area contributed by atoms with Crippen LogP contribution in [0.2, 0.25) is 0 Å². The summed E-state index contributed by atoms with van der Waals surface area (Å²) < 4.78 is 6.06. The normalized spacial score (nSPS) is 18.1. The van der Waals surface area contributed by atoms with Gasteiger partial charge in [0.05, 0.1) is 13.0 Å². The summed E-state index contributed by atoms with van der Waals surface area (Å²) in [5, 5.41) is 0. The highest BCUT2D eigenvalue weighted by Crippen LogP contribution is 2.26. The Labute approximate surface area is 185 Å². The van der Waals surface area contributed by atoms with Gasteiger partial charge in [-0.1, -0.05) is 44.2 Å². The molecule has 1 saturated carbocycles. The van der Waals surface area contributed by atoms with E-state index in [9.17, 15) is 4.79 Å². The zero-order valence-electron chi connectivity index (χ0n) is 18.4. The molecule has 6 heteroatoms. The van der Waals surface area contributed by atoms with E-state index >= 15 is 0 Å². The Morgan fingerprint density at radius 3 is 2.55 bits per heavy atom. The molecule has 0 unspecified atom stereocenters. The minimum absolute atomic E-state index is 0.110. The van der Waals surface area contributed by atoms with Crippen molar-refractivity contribution in [1.82, 2.24) is 19.8 Å². The molecule has 1 aromatic heterocycles. The predicted octanol–water partition coefficient (Wildman–Crippen LogP) is 3.71. The smallest absolute Gasteiger partial charge is 0.230 e. The summed E-state index contributed by atoms with van der Waals surface area (Å²) in [6, 6.07) is 10.3. The van der Waals surface area contributed by atoms with Crippen LogP contribution in [-0.2, 0) is 17.8 Å². The number of hydrogen-bond donors (Lipinski definition) is 0. The van der Waals surface area contributed by atoms with Crippen LogP contribution >= 0.6 is 0 Å². The van der Waals surface area contributed by atoms with Gasteiger partial charge < -0.3 is 9.64 Å². The third-order valence-corrected chi connectivity index (χ3v) is 6.48. The van der Waals surface area contributed by atoms with E-state index in [1.54, 1.807) is 18.5 Å². The van der Waals surface area contributed by atoms with E-state index in [2.05, 4.69) is 39.1 Å². The lowest BCUT2D eigenvalue weighted by Gasteiger charge is -2.34. The molecule has 0 spiro atoms. The highest BCUT2D eigenvalue weighted by Gasteiger charge is 2.22. The molecule has 166 valence electrons. The van der Waals surface area contributed by atoms with Gasteiger partial charge in [0, 0.05) is 45.1 Å². The summed E-state index contributed by atoms with van der Waals surface area (Å²) in [6.07, 6.45) is 11.7. The van der Waals surface area contributed by atoms with Crippen molar-refractivity contribution in [2.75, 3.05) is 32.8 Å². The molecular weight excluding hydrogens is 388 g/mol. The predicted molar refractivity (Wildman–Crippen MR) is 121 cm³/mol. The van der Waals surface area contributed by atoms with Crippen LogP contribution in [-0.4, -0.2) is 58.5 Å². The van der Waals surface area contributed by atoms with Crippen molar-refractivity contribution < 1.29 is 9.53 Å². The van der Waals surface area contributed by atoms with E-state index in [-0.39, 0.29) is 12.3 Å². The third kappa shape index (κ3) is 6.76. The van der Waals surface area contributed by atoms with Gasteiger partial charge in [0.1, 0.15) is 11.6 Å². The zero-order valence-corrected chi connectivity index (χ0v) is 18.4. The Kier molecular flexibility index (Phi) is 7.88. The lowest BCUT2D eigenvalue weighted by atomic mass is 9.87. The Morgan fingerprint density at radius 2 is 1.77 bits per heavy atom. The maximum Gasteiger partial charge on any atom is 0.230 e. The maximum atomic E-state index is 12.5. The fourth-order valence-electron chi connectivity index (χ4n) is 4.63. The van der Waals surface area contributed by atoms with Gasteiger partial charge in [-0.25, -0.2) is 9.97 Å². The molecule has 1 aromatic carbocycles. The second kappa shape index (κ2) is 11.2. The van der Waals surface area contributed by atoms with Gasteiger partial charge in [-0.05, 0) is 36.1 Å². The zero-order chi connectivity index (χ0) is 21.3. The van der Waals surface area contributed by atoms with E-state index in [4.69, 9.17) is 4.74 Å². The molecule has 1 aliphatic heterocycles.